The Balaban J connectivity index is 1.23. The number of hydrogen-bond acceptors (Lipinski definition) is 12. The maximum atomic E-state index is 13.6. The lowest BCUT2D eigenvalue weighted by molar-refractivity contribution is -0.131. The Bertz CT molecular complexity index is 2520. The van der Waals surface area contributed by atoms with E-state index in [4.69, 9.17) is 16.2 Å². The number of primary amides is 1. The predicted molar refractivity (Wildman–Crippen MR) is 296 cm³/mol. The van der Waals surface area contributed by atoms with Crippen LogP contribution in [0.5, 0.6) is 0 Å². The van der Waals surface area contributed by atoms with E-state index in [9.17, 15) is 38.4 Å². The number of nitrogens with zero attached hydrogens (tertiary/aromatic N) is 3. The first-order valence-electron chi connectivity index (χ1n) is 26.7. The van der Waals surface area contributed by atoms with Crippen molar-refractivity contribution in [2.24, 2.45) is 34.2 Å². The van der Waals surface area contributed by atoms with Crippen LogP contribution < -0.4 is 38.1 Å². The molecule has 7 amide bonds. The Morgan fingerprint density at radius 3 is 2.18 bits per heavy atom. The molecule has 0 spiro atoms. The molecule has 0 aliphatic carbocycles. The average molecular weight is 1050 g/mol. The van der Waals surface area contributed by atoms with Crippen LogP contribution in [-0.4, -0.2) is 95.3 Å². The number of rotatable bonds is 32. The number of amides is 7. The number of aryl methyl sites for hydroxylation is 1. The monoisotopic (exact) mass is 1050 g/mol. The molecule has 0 saturated heterocycles. The molecule has 3 aromatic rings. The fraction of sp³-hybridized carbons (Fsp3) is 0.509. The van der Waals surface area contributed by atoms with Crippen molar-refractivity contribution in [1.82, 2.24) is 25.8 Å². The van der Waals surface area contributed by atoms with E-state index < -0.39 is 35.9 Å². The lowest BCUT2D eigenvalue weighted by atomic mass is 9.89. The van der Waals surface area contributed by atoms with Gasteiger partial charge in [0.05, 0.1) is 30.2 Å². The molecule has 1 aliphatic rings. The highest BCUT2D eigenvalue weighted by Crippen LogP contribution is 2.29. The van der Waals surface area contributed by atoms with Crippen LogP contribution in [0.1, 0.15) is 152 Å². The number of amidine groups is 1. The van der Waals surface area contributed by atoms with Crippen molar-refractivity contribution in [3.05, 3.63) is 88.8 Å². The predicted octanol–water partition coefficient (Wildman–Crippen LogP) is 8.29. The van der Waals surface area contributed by atoms with Gasteiger partial charge in [0.25, 0.3) is 5.91 Å². The Morgan fingerprint density at radius 1 is 0.776 bits per heavy atom. The van der Waals surface area contributed by atoms with Crippen LogP contribution >= 0.6 is 0 Å². The van der Waals surface area contributed by atoms with E-state index in [1.54, 1.807) is 60.8 Å². The Hall–Kier alpha value is -7.44. The van der Waals surface area contributed by atoms with Gasteiger partial charge in [-0.15, -0.1) is 0 Å². The number of carbonyl (C=O) groups is 8. The molecular formula is C57H80N10O9. The zero-order valence-corrected chi connectivity index (χ0v) is 45.3. The number of alkyl carbamates (subject to hydrolysis) is 1. The van der Waals surface area contributed by atoms with Gasteiger partial charge in [-0.2, -0.15) is 0 Å². The number of benzene rings is 2. The number of urea groups is 1. The number of carbonyl (C=O) groups excluding carboxylic acids is 8. The minimum atomic E-state index is -0.801. The smallest absolute Gasteiger partial charge is 0.407 e. The summed E-state index contributed by atoms with van der Waals surface area (Å²) in [6, 6.07) is 11.9. The van der Waals surface area contributed by atoms with Crippen molar-refractivity contribution in [2.45, 2.75) is 144 Å². The fourth-order valence-corrected chi connectivity index (χ4v) is 8.61. The molecule has 2 heterocycles. The third-order valence-corrected chi connectivity index (χ3v) is 12.7. The summed E-state index contributed by atoms with van der Waals surface area (Å²) in [6.07, 6.45) is 12.2. The fourth-order valence-electron chi connectivity index (χ4n) is 8.61. The van der Waals surface area contributed by atoms with E-state index in [1.165, 1.54) is 6.20 Å². The number of aromatic nitrogens is 1. The standard InChI is InChI=1S/C57H80N10O9/c1-7-26-67(27-8-2)55(73)44-29-41-20-21-43(30-48(41)65-50(58)32-44)54(72)64-46-28-40(33-60-34-46)19-24-47(68)35-62-57(75)76-36-39-17-22-45(23-18-39)63-53(71)42(15-13-25-61-56(59)74)31-49(69)52(38(5)6)66-51(70)16-12-10-9-11-14-37(3)4/h17-18,20-23,28-30,33-34,37-38,42,52H,7-16,19,24-27,31-32,35-36H2,1-6H3,(H2,58,65)(H,62,75)(H,63,71)(H,64,72)(H,66,70)(H3,59,61,74)/t42-,52+/m1/s1. The molecule has 412 valence electrons. The van der Waals surface area contributed by atoms with Crippen LogP contribution in [0.25, 0.3) is 6.08 Å². The number of nitrogens with one attached hydrogen (secondary N) is 5. The van der Waals surface area contributed by atoms with Crippen molar-refractivity contribution < 1.29 is 43.1 Å². The number of nitrogens with two attached hydrogens (primary N) is 2. The van der Waals surface area contributed by atoms with Gasteiger partial charge in [0.2, 0.25) is 17.7 Å². The van der Waals surface area contributed by atoms with Gasteiger partial charge in [0.1, 0.15) is 12.4 Å². The van der Waals surface area contributed by atoms with Gasteiger partial charge in [-0.05, 0) is 97.9 Å². The van der Waals surface area contributed by atoms with Crippen molar-refractivity contribution in [3.63, 3.8) is 0 Å². The van der Waals surface area contributed by atoms with Crippen LogP contribution in [0, 0.1) is 17.8 Å². The van der Waals surface area contributed by atoms with Crippen LogP contribution in [0.2, 0.25) is 0 Å². The van der Waals surface area contributed by atoms with E-state index in [2.05, 4.69) is 50.4 Å². The van der Waals surface area contributed by atoms with E-state index in [0.29, 0.717) is 83.2 Å². The quantitative estimate of drug-likeness (QED) is 0.0292. The van der Waals surface area contributed by atoms with Crippen molar-refractivity contribution in [2.75, 3.05) is 36.8 Å². The third kappa shape index (κ3) is 21.8. The van der Waals surface area contributed by atoms with Crippen molar-refractivity contribution in [1.29, 1.82) is 0 Å². The molecular weight excluding hydrogens is 969 g/mol. The molecule has 9 N–H and O–H groups in total. The molecule has 2 atom stereocenters. The minimum Gasteiger partial charge on any atom is -0.445 e. The third-order valence-electron chi connectivity index (χ3n) is 12.7. The number of ketones is 2. The summed E-state index contributed by atoms with van der Waals surface area (Å²) in [7, 11) is 0. The number of anilines is 2. The summed E-state index contributed by atoms with van der Waals surface area (Å²) in [4.78, 5) is 114. The Labute approximate surface area is 447 Å². The van der Waals surface area contributed by atoms with Crippen LogP contribution in [0.4, 0.5) is 26.7 Å². The molecule has 19 nitrogen and oxygen atoms in total. The molecule has 0 radical (unpaired) electrons. The van der Waals surface area contributed by atoms with Crippen molar-refractivity contribution >= 4 is 76.3 Å². The number of hydrogen-bond donors (Lipinski definition) is 7. The molecule has 0 fully saturated rings. The second kappa shape index (κ2) is 32.1. The maximum absolute atomic E-state index is 13.6. The lowest BCUT2D eigenvalue weighted by Crippen LogP contribution is -2.45. The maximum Gasteiger partial charge on any atom is 0.407 e. The van der Waals surface area contributed by atoms with Crippen molar-refractivity contribution in [3.8, 4) is 0 Å². The van der Waals surface area contributed by atoms with Crippen LogP contribution in [-0.2, 0) is 41.7 Å². The molecule has 2 aromatic carbocycles. The summed E-state index contributed by atoms with van der Waals surface area (Å²) < 4.78 is 5.32. The molecule has 1 aliphatic heterocycles. The topological polar surface area (TPSA) is 286 Å². The second-order valence-electron chi connectivity index (χ2n) is 20.1. The molecule has 76 heavy (non-hydrogen) atoms. The first kappa shape index (κ1) is 61.1. The summed E-state index contributed by atoms with van der Waals surface area (Å²) in [5, 5.41) is 13.6. The number of ether oxygens (including phenoxy) is 1. The zero-order valence-electron chi connectivity index (χ0n) is 45.3. The largest absolute Gasteiger partial charge is 0.445 e. The highest BCUT2D eigenvalue weighted by atomic mass is 16.5. The summed E-state index contributed by atoms with van der Waals surface area (Å²) in [6.45, 7) is 13.2. The first-order valence-corrected chi connectivity index (χ1v) is 26.7. The van der Waals surface area contributed by atoms with E-state index in [0.717, 1.165) is 44.9 Å². The molecule has 0 bridgehead atoms. The SMILES string of the molecule is CCCN(CCC)C(=O)C1=Cc2ccc(C(=O)Nc3cncc(CCC(=O)CNC(=O)OCc4ccc(NC(=O)[C@H](CCCNC(N)=O)CC(=O)[C@@H](NC(=O)CCCCCCC(C)C)C(C)C)cc4)c3)cc2N=C(N)C1. The second-order valence-corrected chi connectivity index (χ2v) is 20.1. The summed E-state index contributed by atoms with van der Waals surface area (Å²) >= 11 is 0. The normalized spacial score (nSPS) is 12.7. The van der Waals surface area contributed by atoms with E-state index >= 15 is 0 Å². The summed E-state index contributed by atoms with van der Waals surface area (Å²) in [5.74, 6) is -1.65. The lowest BCUT2D eigenvalue weighted by Gasteiger charge is -2.24. The molecule has 4 rings (SSSR count). The number of pyridine rings is 1. The van der Waals surface area contributed by atoms with Gasteiger partial charge in [0.15, 0.2) is 11.6 Å². The molecule has 0 saturated carbocycles. The Kier molecular flexibility index (Phi) is 25.8. The Morgan fingerprint density at radius 2 is 1.50 bits per heavy atom. The van der Waals surface area contributed by atoms with Gasteiger partial charge in [-0.3, -0.25) is 33.8 Å². The van der Waals surface area contributed by atoms with Gasteiger partial charge in [-0.25, -0.2) is 14.6 Å². The van der Waals surface area contributed by atoms with Crippen LogP contribution in [0.3, 0.4) is 0 Å². The van der Waals surface area contributed by atoms with Gasteiger partial charge in [0, 0.05) is 79.8 Å². The molecule has 0 unspecified atom stereocenters. The van der Waals surface area contributed by atoms with Crippen LogP contribution in [0.15, 0.2) is 71.5 Å². The zero-order chi connectivity index (χ0) is 55.6. The highest BCUT2D eigenvalue weighted by molar-refractivity contribution is 6.08. The van der Waals surface area contributed by atoms with E-state index in [-0.39, 0.29) is 80.5 Å². The molecule has 19 heteroatoms. The number of unbranched alkanes of at least 4 members (excludes halogenated alkanes) is 3. The number of aliphatic imine (C=N–C) groups is 1. The average Bonchev–Trinajstić information content (AvgIpc) is 3.55. The highest BCUT2D eigenvalue weighted by Gasteiger charge is 2.30. The van der Waals surface area contributed by atoms with Gasteiger partial charge >= 0.3 is 12.1 Å². The molecule has 1 aromatic heterocycles. The number of fused-ring (bicyclic) bond motifs is 1. The van der Waals surface area contributed by atoms with Gasteiger partial charge in [-0.1, -0.05) is 85.4 Å². The number of Topliss-reactive ketones (excluding diaryl/α,β-unsaturated/α-hetero) is 2. The van der Waals surface area contributed by atoms with E-state index in [1.807, 2.05) is 32.6 Å². The first-order chi connectivity index (χ1) is 36.3. The van der Waals surface area contributed by atoms with Gasteiger partial charge < -0.3 is 47.7 Å². The minimum absolute atomic E-state index is 0.0783. The summed E-state index contributed by atoms with van der Waals surface area (Å²) in [5.41, 5.74) is 15.6.